The molecule has 0 aromatic heterocycles. The molecule has 0 saturated carbocycles. The number of rotatable bonds is 4. The molecular formula is C15H29N3O. The summed E-state index contributed by atoms with van der Waals surface area (Å²) in [6.07, 6.45) is 8.85. The van der Waals surface area contributed by atoms with Crippen molar-refractivity contribution in [2.45, 2.75) is 64.1 Å². The second-order valence-electron chi connectivity index (χ2n) is 6.02. The second-order valence-corrected chi connectivity index (χ2v) is 6.02. The normalized spacial score (nSPS) is 28.0. The Bertz CT molecular complexity index is 304. The number of nitrogens with zero attached hydrogens (tertiary/aromatic N) is 1. The van der Waals surface area contributed by atoms with Crippen molar-refractivity contribution in [3.8, 4) is 0 Å². The lowest BCUT2D eigenvalue weighted by Gasteiger charge is -2.39. The van der Waals surface area contributed by atoms with E-state index in [2.05, 4.69) is 30.2 Å². The Hall–Kier alpha value is -0.420. The third kappa shape index (κ3) is 4.02. The monoisotopic (exact) mass is 267 g/mol. The SMILES string of the molecule is CC(C)N1CCOC(C(NN)C2=CCCCCC2)C1. The van der Waals surface area contributed by atoms with E-state index in [0.717, 1.165) is 26.1 Å². The van der Waals surface area contributed by atoms with E-state index in [0.29, 0.717) is 6.04 Å². The van der Waals surface area contributed by atoms with E-state index >= 15 is 0 Å². The molecule has 4 heteroatoms. The molecule has 1 heterocycles. The summed E-state index contributed by atoms with van der Waals surface area (Å²) in [5.41, 5.74) is 4.46. The Balaban J connectivity index is 2.01. The molecule has 2 rings (SSSR count). The van der Waals surface area contributed by atoms with Crippen molar-refractivity contribution in [3.05, 3.63) is 11.6 Å². The molecule has 1 aliphatic heterocycles. The van der Waals surface area contributed by atoms with Crippen molar-refractivity contribution in [1.29, 1.82) is 0 Å². The fourth-order valence-electron chi connectivity index (χ4n) is 3.14. The molecule has 110 valence electrons. The first-order chi connectivity index (χ1) is 9.22. The van der Waals surface area contributed by atoms with Crippen molar-refractivity contribution in [2.75, 3.05) is 19.7 Å². The topological polar surface area (TPSA) is 50.5 Å². The quantitative estimate of drug-likeness (QED) is 0.463. The van der Waals surface area contributed by atoms with Crippen LogP contribution in [-0.4, -0.2) is 42.8 Å². The molecular weight excluding hydrogens is 238 g/mol. The average molecular weight is 267 g/mol. The third-order valence-electron chi connectivity index (χ3n) is 4.38. The molecule has 0 amide bonds. The van der Waals surface area contributed by atoms with Gasteiger partial charge in [0.05, 0.1) is 18.8 Å². The number of allylic oxidation sites excluding steroid dienone is 1. The van der Waals surface area contributed by atoms with Gasteiger partial charge in [-0.15, -0.1) is 0 Å². The zero-order valence-electron chi connectivity index (χ0n) is 12.4. The maximum atomic E-state index is 5.98. The second kappa shape index (κ2) is 7.39. The van der Waals surface area contributed by atoms with Gasteiger partial charge in [0.25, 0.3) is 0 Å². The molecule has 1 aliphatic carbocycles. The van der Waals surface area contributed by atoms with Crippen LogP contribution in [0.1, 0.15) is 46.0 Å². The molecule has 19 heavy (non-hydrogen) atoms. The van der Waals surface area contributed by atoms with Gasteiger partial charge in [-0.1, -0.05) is 18.1 Å². The van der Waals surface area contributed by atoms with Crippen LogP contribution >= 0.6 is 0 Å². The van der Waals surface area contributed by atoms with Gasteiger partial charge in [0.1, 0.15) is 0 Å². The highest BCUT2D eigenvalue weighted by Crippen LogP contribution is 2.24. The first-order valence-corrected chi connectivity index (χ1v) is 7.73. The Kier molecular flexibility index (Phi) is 5.82. The molecule has 2 aliphatic rings. The van der Waals surface area contributed by atoms with Gasteiger partial charge in [0.15, 0.2) is 0 Å². The molecule has 0 bridgehead atoms. The summed E-state index contributed by atoms with van der Waals surface area (Å²) in [5, 5.41) is 0. The van der Waals surface area contributed by atoms with Gasteiger partial charge >= 0.3 is 0 Å². The Morgan fingerprint density at radius 2 is 2.21 bits per heavy atom. The highest BCUT2D eigenvalue weighted by molar-refractivity contribution is 5.15. The molecule has 2 unspecified atom stereocenters. The van der Waals surface area contributed by atoms with Crippen molar-refractivity contribution in [3.63, 3.8) is 0 Å². The van der Waals surface area contributed by atoms with Crippen LogP contribution in [0.5, 0.6) is 0 Å². The molecule has 3 N–H and O–H groups in total. The van der Waals surface area contributed by atoms with Crippen LogP contribution in [0.3, 0.4) is 0 Å². The lowest BCUT2D eigenvalue weighted by Crippen LogP contribution is -2.55. The van der Waals surface area contributed by atoms with E-state index in [1.165, 1.54) is 31.3 Å². The van der Waals surface area contributed by atoms with Crippen LogP contribution in [-0.2, 0) is 4.74 Å². The maximum Gasteiger partial charge on any atom is 0.0906 e. The molecule has 0 radical (unpaired) electrons. The summed E-state index contributed by atoms with van der Waals surface area (Å²) in [5.74, 6) is 5.82. The smallest absolute Gasteiger partial charge is 0.0906 e. The number of hydrazine groups is 1. The van der Waals surface area contributed by atoms with E-state index in [-0.39, 0.29) is 12.1 Å². The molecule has 0 aromatic rings. The summed E-state index contributed by atoms with van der Waals surface area (Å²) in [6, 6.07) is 0.757. The first-order valence-electron chi connectivity index (χ1n) is 7.73. The Labute approximate surface area is 117 Å². The Morgan fingerprint density at radius 3 is 2.95 bits per heavy atom. The number of hydrogen-bond donors (Lipinski definition) is 2. The maximum absolute atomic E-state index is 5.98. The van der Waals surface area contributed by atoms with Gasteiger partial charge in [-0.2, -0.15) is 0 Å². The number of nitrogens with two attached hydrogens (primary N) is 1. The minimum Gasteiger partial charge on any atom is -0.374 e. The van der Waals surface area contributed by atoms with Crippen molar-refractivity contribution in [1.82, 2.24) is 10.3 Å². The standard InChI is InChI=1S/C15H29N3O/c1-12(2)18-9-10-19-14(11-18)15(17-16)13-7-5-3-4-6-8-13/h7,12,14-15,17H,3-6,8-11,16H2,1-2H3. The predicted octanol–water partition coefficient (Wildman–Crippen LogP) is 1.82. The van der Waals surface area contributed by atoms with Gasteiger partial charge in [0.2, 0.25) is 0 Å². The summed E-state index contributed by atoms with van der Waals surface area (Å²) in [6.45, 7) is 7.32. The molecule has 1 fully saturated rings. The van der Waals surface area contributed by atoms with Crippen molar-refractivity contribution < 1.29 is 4.74 Å². The van der Waals surface area contributed by atoms with E-state index < -0.39 is 0 Å². The van der Waals surface area contributed by atoms with Gasteiger partial charge in [-0.25, -0.2) is 0 Å². The average Bonchev–Trinajstić information content (AvgIpc) is 2.69. The predicted molar refractivity (Wildman–Crippen MR) is 78.7 cm³/mol. The lowest BCUT2D eigenvalue weighted by atomic mass is 9.96. The molecule has 4 nitrogen and oxygen atoms in total. The summed E-state index contributed by atoms with van der Waals surface area (Å²) in [4.78, 5) is 2.48. The Morgan fingerprint density at radius 1 is 1.37 bits per heavy atom. The van der Waals surface area contributed by atoms with Crippen molar-refractivity contribution in [2.24, 2.45) is 5.84 Å². The molecule has 0 spiro atoms. The zero-order chi connectivity index (χ0) is 13.7. The van der Waals surface area contributed by atoms with Crippen LogP contribution in [0.25, 0.3) is 0 Å². The van der Waals surface area contributed by atoms with Crippen LogP contribution in [0, 0.1) is 0 Å². The number of nitrogens with one attached hydrogen (secondary N) is 1. The van der Waals surface area contributed by atoms with Gasteiger partial charge < -0.3 is 4.74 Å². The summed E-state index contributed by atoms with van der Waals surface area (Å²) in [7, 11) is 0. The van der Waals surface area contributed by atoms with Gasteiger partial charge in [0, 0.05) is 19.1 Å². The lowest BCUT2D eigenvalue weighted by molar-refractivity contribution is -0.0502. The van der Waals surface area contributed by atoms with E-state index in [4.69, 9.17) is 10.6 Å². The van der Waals surface area contributed by atoms with Gasteiger partial charge in [-0.3, -0.25) is 16.2 Å². The largest absolute Gasteiger partial charge is 0.374 e. The third-order valence-corrected chi connectivity index (χ3v) is 4.38. The van der Waals surface area contributed by atoms with Crippen LogP contribution in [0.15, 0.2) is 11.6 Å². The fraction of sp³-hybridized carbons (Fsp3) is 0.867. The zero-order valence-corrected chi connectivity index (χ0v) is 12.4. The van der Waals surface area contributed by atoms with E-state index in [1.807, 2.05) is 0 Å². The first kappa shape index (κ1) is 15.0. The van der Waals surface area contributed by atoms with Crippen molar-refractivity contribution >= 4 is 0 Å². The van der Waals surface area contributed by atoms with Gasteiger partial charge in [-0.05, 0) is 39.5 Å². The van der Waals surface area contributed by atoms with Crippen LogP contribution < -0.4 is 11.3 Å². The fourth-order valence-corrected chi connectivity index (χ4v) is 3.14. The highest BCUT2D eigenvalue weighted by atomic mass is 16.5. The number of ether oxygens (including phenoxy) is 1. The molecule has 2 atom stereocenters. The minimum absolute atomic E-state index is 0.180. The minimum atomic E-state index is 0.180. The number of hydrogen-bond acceptors (Lipinski definition) is 4. The molecule has 0 aromatic carbocycles. The molecule has 1 saturated heterocycles. The van der Waals surface area contributed by atoms with Crippen LogP contribution in [0.4, 0.5) is 0 Å². The van der Waals surface area contributed by atoms with E-state index in [1.54, 1.807) is 0 Å². The van der Waals surface area contributed by atoms with E-state index in [9.17, 15) is 0 Å². The highest BCUT2D eigenvalue weighted by Gasteiger charge is 2.30. The number of morpholine rings is 1. The van der Waals surface area contributed by atoms with Crippen LogP contribution in [0.2, 0.25) is 0 Å². The summed E-state index contributed by atoms with van der Waals surface area (Å²) >= 11 is 0. The summed E-state index contributed by atoms with van der Waals surface area (Å²) < 4.78 is 5.98.